The molecule has 3 aliphatic carbocycles. The summed E-state index contributed by atoms with van der Waals surface area (Å²) in [5, 5.41) is 7.86. The fourth-order valence-electron chi connectivity index (χ4n) is 13.6. The van der Waals surface area contributed by atoms with Gasteiger partial charge < -0.3 is 27.8 Å². The molecule has 0 amide bonds. The normalized spacial score (nSPS) is 19.5. The second-order valence-corrected chi connectivity index (χ2v) is 20.2. The van der Waals surface area contributed by atoms with E-state index < -0.39 is 0 Å². The molecule has 4 unspecified atom stereocenters. The third-order valence-corrected chi connectivity index (χ3v) is 16.6. The van der Waals surface area contributed by atoms with Crippen LogP contribution in [-0.2, 0) is 6.42 Å². The number of fused-ring (bicyclic) bond motifs is 19. The summed E-state index contributed by atoms with van der Waals surface area (Å²) in [5.74, 6) is 0.464. The monoisotopic (exact) mass is 924 g/mol. The molecular weight excluding hydrogens is 881 g/mol. The summed E-state index contributed by atoms with van der Waals surface area (Å²) >= 11 is 0. The maximum absolute atomic E-state index is 7.49. The second-order valence-electron chi connectivity index (χ2n) is 20.2. The van der Waals surface area contributed by atoms with Crippen molar-refractivity contribution in [2.24, 2.45) is 0 Å². The highest BCUT2D eigenvalue weighted by atomic mass is 16.4. The molecule has 0 saturated carbocycles. The molecule has 8 aromatic carbocycles. The van der Waals surface area contributed by atoms with Crippen LogP contribution in [0.15, 0.2) is 221 Å². The second kappa shape index (κ2) is 14.3. The molecule has 0 radical (unpaired) electrons. The zero-order chi connectivity index (χ0) is 46.8. The molecule has 0 N–H and O–H groups in total. The van der Waals surface area contributed by atoms with Gasteiger partial charge in [-0.15, -0.1) is 0 Å². The van der Waals surface area contributed by atoms with Crippen LogP contribution >= 0.6 is 0 Å². The molecule has 2 aliphatic heterocycles. The summed E-state index contributed by atoms with van der Waals surface area (Å²) in [7, 11) is 0. The lowest BCUT2D eigenvalue weighted by Crippen LogP contribution is -2.28. The largest absolute Gasteiger partial charge is 0.450 e. The predicted molar refractivity (Wildman–Crippen MR) is 296 cm³/mol. The molecule has 4 atom stereocenters. The van der Waals surface area contributed by atoms with Gasteiger partial charge in [0.25, 0.3) is 0 Å². The molecule has 6 heterocycles. The van der Waals surface area contributed by atoms with E-state index >= 15 is 0 Å². The summed E-state index contributed by atoms with van der Waals surface area (Å²) in [5.41, 5.74) is 18.7. The SMILES string of the molecule is C1=CC2c3ccccc3N(c3cc(-n4c5ccccc5c5ccccc54)c4oc5c(ccc6c7cc(-n8c9c(c%10ccccc%108)C=CCC9)cc(N8c9ccccc9C9C=CC=CC98)c7oc65)c4c3)C2C=C1. The van der Waals surface area contributed by atoms with Gasteiger partial charge in [0.1, 0.15) is 0 Å². The van der Waals surface area contributed by atoms with Crippen LogP contribution in [0.4, 0.5) is 22.7 Å². The van der Waals surface area contributed by atoms with Gasteiger partial charge in [0.05, 0.1) is 40.0 Å². The van der Waals surface area contributed by atoms with Gasteiger partial charge in [0.2, 0.25) is 0 Å². The van der Waals surface area contributed by atoms with Gasteiger partial charge in [-0.05, 0) is 90.7 Å². The Morgan fingerprint density at radius 3 is 1.57 bits per heavy atom. The van der Waals surface area contributed by atoms with Crippen LogP contribution in [0, 0.1) is 0 Å². The van der Waals surface area contributed by atoms with Gasteiger partial charge in [-0.25, -0.2) is 0 Å². The smallest absolute Gasteiger partial charge is 0.178 e. The molecule has 6 nitrogen and oxygen atoms in total. The first-order valence-electron chi connectivity index (χ1n) is 25.4. The van der Waals surface area contributed by atoms with Gasteiger partial charge in [-0.1, -0.05) is 152 Å². The van der Waals surface area contributed by atoms with Crippen LogP contribution < -0.4 is 9.80 Å². The Morgan fingerprint density at radius 2 is 0.903 bits per heavy atom. The molecule has 0 bridgehead atoms. The van der Waals surface area contributed by atoms with E-state index in [1.165, 1.54) is 55.4 Å². The highest BCUT2D eigenvalue weighted by Gasteiger charge is 2.40. The lowest BCUT2D eigenvalue weighted by molar-refractivity contribution is 0.630. The molecule has 5 aliphatic rings. The number of rotatable bonds is 4. The van der Waals surface area contributed by atoms with Crippen molar-refractivity contribution in [3.8, 4) is 11.4 Å². The highest BCUT2D eigenvalue weighted by molar-refractivity contribution is 6.22. The van der Waals surface area contributed by atoms with E-state index in [-0.39, 0.29) is 23.9 Å². The Labute approximate surface area is 414 Å². The molecular formula is C66H44N4O2. The standard InChI is InChI=1S/C66H44N4O2/c1-9-25-53-41(17-1)42-18-2-10-26-54(42)67(53)39-35-51-49-33-34-50-52-36-40(68-55-27-11-3-19-43(55)44-20-4-12-28-56(44)68)38-62(70-59-31-15-7-23-47(59)48-24-8-16-32-60(48)70)64(52)72-66(50)65(49)71-63(51)61(37-39)69-57-29-13-5-21-45(57)46-22-6-14-30-58(46)69/h1-11,13-27,29-38,41,47,53,59H,12,28H2. The van der Waals surface area contributed by atoms with Crippen LogP contribution in [0.25, 0.3) is 94.0 Å². The van der Waals surface area contributed by atoms with Crippen molar-refractivity contribution >= 4 is 105 Å². The molecule has 72 heavy (non-hydrogen) atoms. The van der Waals surface area contributed by atoms with Crippen LogP contribution in [0.5, 0.6) is 0 Å². The number of hydrogen-bond acceptors (Lipinski definition) is 4. The van der Waals surface area contributed by atoms with Gasteiger partial charge in [0, 0.05) is 83.5 Å². The van der Waals surface area contributed by atoms with E-state index in [2.05, 4.69) is 237 Å². The number of anilines is 4. The fraction of sp³-hybridized carbons (Fsp3) is 0.0909. The highest BCUT2D eigenvalue weighted by Crippen LogP contribution is 2.54. The van der Waals surface area contributed by atoms with Crippen LogP contribution in [0.1, 0.15) is 40.6 Å². The molecule has 17 rings (SSSR count). The van der Waals surface area contributed by atoms with Gasteiger partial charge in [0.15, 0.2) is 22.3 Å². The van der Waals surface area contributed by atoms with E-state index in [4.69, 9.17) is 8.83 Å². The molecule has 0 fully saturated rings. The van der Waals surface area contributed by atoms with Crippen molar-refractivity contribution in [1.29, 1.82) is 0 Å². The molecule has 0 saturated heterocycles. The zero-order valence-corrected chi connectivity index (χ0v) is 39.1. The summed E-state index contributed by atoms with van der Waals surface area (Å²) < 4.78 is 19.9. The Balaban J connectivity index is 0.975. The molecule has 0 spiro atoms. The van der Waals surface area contributed by atoms with Gasteiger partial charge >= 0.3 is 0 Å². The molecule has 4 aromatic heterocycles. The van der Waals surface area contributed by atoms with E-state index in [0.29, 0.717) is 0 Å². The Morgan fingerprint density at radius 1 is 0.389 bits per heavy atom. The number of nitrogens with zero attached hydrogens (tertiary/aromatic N) is 4. The minimum atomic E-state index is 0.0838. The van der Waals surface area contributed by atoms with Crippen molar-refractivity contribution in [3.63, 3.8) is 0 Å². The quantitative estimate of drug-likeness (QED) is 0.176. The number of furan rings is 2. The van der Waals surface area contributed by atoms with Crippen LogP contribution in [-0.4, -0.2) is 21.2 Å². The fourth-order valence-corrected chi connectivity index (χ4v) is 13.6. The first-order valence-corrected chi connectivity index (χ1v) is 25.4. The van der Waals surface area contributed by atoms with Gasteiger partial charge in [-0.2, -0.15) is 0 Å². The van der Waals surface area contributed by atoms with Crippen LogP contribution in [0.3, 0.4) is 0 Å². The predicted octanol–water partition coefficient (Wildman–Crippen LogP) is 16.9. The maximum atomic E-state index is 7.49. The Kier molecular flexibility index (Phi) is 7.71. The van der Waals surface area contributed by atoms with Gasteiger partial charge in [-0.3, -0.25) is 0 Å². The summed E-state index contributed by atoms with van der Waals surface area (Å²) in [6.07, 6.45) is 24.8. The topological polar surface area (TPSA) is 42.6 Å². The third kappa shape index (κ3) is 5.08. The lowest BCUT2D eigenvalue weighted by Gasteiger charge is -2.29. The average molecular weight is 925 g/mol. The summed E-state index contributed by atoms with van der Waals surface area (Å²) in [6, 6.07) is 58.5. The Bertz CT molecular complexity index is 4470. The Hall–Kier alpha value is -9.00. The first kappa shape index (κ1) is 38.8. The van der Waals surface area contributed by atoms with E-state index in [1.54, 1.807) is 0 Å². The molecule has 340 valence electrons. The summed E-state index contributed by atoms with van der Waals surface area (Å²) in [6.45, 7) is 0. The van der Waals surface area contributed by atoms with E-state index in [1.807, 2.05) is 0 Å². The zero-order valence-electron chi connectivity index (χ0n) is 39.1. The van der Waals surface area contributed by atoms with Crippen LogP contribution in [0.2, 0.25) is 0 Å². The number of benzene rings is 8. The number of para-hydroxylation sites is 5. The number of allylic oxidation sites excluding steroid dienone is 5. The number of hydrogen-bond donors (Lipinski definition) is 0. The van der Waals surface area contributed by atoms with Crippen molar-refractivity contribution in [1.82, 2.24) is 9.13 Å². The third-order valence-electron chi connectivity index (χ3n) is 16.6. The van der Waals surface area contributed by atoms with Crippen molar-refractivity contribution in [2.75, 3.05) is 9.80 Å². The minimum Gasteiger partial charge on any atom is -0.450 e. The average Bonchev–Trinajstić information content (AvgIpc) is 4.29. The first-order chi connectivity index (χ1) is 35.7. The van der Waals surface area contributed by atoms with E-state index in [0.717, 1.165) is 90.5 Å². The van der Waals surface area contributed by atoms with Crippen molar-refractivity contribution < 1.29 is 8.83 Å². The molecule has 12 aromatic rings. The van der Waals surface area contributed by atoms with Crippen molar-refractivity contribution in [3.05, 3.63) is 235 Å². The minimum absolute atomic E-state index is 0.0838. The lowest BCUT2D eigenvalue weighted by atomic mass is 9.91. The van der Waals surface area contributed by atoms with Crippen molar-refractivity contribution in [2.45, 2.75) is 36.8 Å². The number of aromatic nitrogens is 2. The summed E-state index contributed by atoms with van der Waals surface area (Å²) in [4.78, 5) is 5.07. The van der Waals surface area contributed by atoms with E-state index in [9.17, 15) is 0 Å². The maximum Gasteiger partial charge on any atom is 0.178 e. The molecule has 6 heteroatoms.